The molecule has 0 unspecified atom stereocenters. The molecule has 0 amide bonds. The first-order valence-corrected chi connectivity index (χ1v) is 5.75. The number of aromatic nitrogens is 2. The van der Waals surface area contributed by atoms with Crippen molar-refractivity contribution in [1.82, 2.24) is 9.97 Å². The number of alkyl halides is 2. The Labute approximate surface area is 113 Å². The van der Waals surface area contributed by atoms with Crippen LogP contribution in [-0.2, 0) is 0 Å². The molecule has 104 valence electrons. The zero-order valence-electron chi connectivity index (χ0n) is 10.6. The average molecular weight is 280 g/mol. The third-order valence-corrected chi connectivity index (χ3v) is 2.52. The second-order valence-corrected chi connectivity index (χ2v) is 3.99. The lowest BCUT2D eigenvalue weighted by molar-refractivity contribution is -0.0521. The van der Waals surface area contributed by atoms with E-state index >= 15 is 0 Å². The highest BCUT2D eigenvalue weighted by Gasteiger charge is 2.09. The summed E-state index contributed by atoms with van der Waals surface area (Å²) in [6.07, 6.45) is 6.36. The van der Waals surface area contributed by atoms with Gasteiger partial charge in [-0.1, -0.05) is 6.07 Å². The minimum absolute atomic E-state index is 0.477. The van der Waals surface area contributed by atoms with Crippen molar-refractivity contribution in [2.75, 3.05) is 0 Å². The number of halogens is 3. The van der Waals surface area contributed by atoms with Crippen LogP contribution in [0.3, 0.4) is 0 Å². The molecule has 20 heavy (non-hydrogen) atoms. The van der Waals surface area contributed by atoms with Crippen molar-refractivity contribution in [2.24, 2.45) is 0 Å². The Morgan fingerprint density at radius 1 is 1.30 bits per heavy atom. The molecule has 3 nitrogen and oxygen atoms in total. The molecule has 0 bridgehead atoms. The third-order valence-electron chi connectivity index (χ3n) is 2.52. The van der Waals surface area contributed by atoms with E-state index in [0.717, 1.165) is 17.7 Å². The van der Waals surface area contributed by atoms with Crippen LogP contribution in [0, 0.1) is 5.82 Å². The van der Waals surface area contributed by atoms with E-state index in [1.165, 1.54) is 6.07 Å². The molecule has 0 aliphatic heterocycles. The zero-order chi connectivity index (χ0) is 14.5. The van der Waals surface area contributed by atoms with Crippen LogP contribution in [0.2, 0.25) is 0 Å². The van der Waals surface area contributed by atoms with Crippen LogP contribution in [0.1, 0.15) is 18.2 Å². The number of hydrogen-bond acceptors (Lipinski definition) is 3. The lowest BCUT2D eigenvalue weighted by atomic mass is 10.1. The van der Waals surface area contributed by atoms with Crippen LogP contribution in [0.15, 0.2) is 36.8 Å². The van der Waals surface area contributed by atoms with E-state index in [0.29, 0.717) is 11.3 Å². The van der Waals surface area contributed by atoms with Gasteiger partial charge in [0.1, 0.15) is 0 Å². The van der Waals surface area contributed by atoms with E-state index in [4.69, 9.17) is 0 Å². The smallest absolute Gasteiger partial charge is 0.387 e. The van der Waals surface area contributed by atoms with E-state index in [1.807, 2.05) is 0 Å². The summed E-state index contributed by atoms with van der Waals surface area (Å²) in [7, 11) is 0. The monoisotopic (exact) mass is 280 g/mol. The summed E-state index contributed by atoms with van der Waals surface area (Å²) >= 11 is 0. The van der Waals surface area contributed by atoms with Gasteiger partial charge in [0.05, 0.1) is 11.9 Å². The van der Waals surface area contributed by atoms with Gasteiger partial charge in [0, 0.05) is 12.4 Å². The summed E-state index contributed by atoms with van der Waals surface area (Å²) in [6, 6.07) is 3.77. The summed E-state index contributed by atoms with van der Waals surface area (Å²) in [5.74, 6) is -1.32. The van der Waals surface area contributed by atoms with Gasteiger partial charge in [0.2, 0.25) is 0 Å². The summed E-state index contributed by atoms with van der Waals surface area (Å²) in [4.78, 5) is 8.04. The van der Waals surface area contributed by atoms with Gasteiger partial charge in [0.25, 0.3) is 0 Å². The van der Waals surface area contributed by atoms with Crippen molar-refractivity contribution in [3.05, 3.63) is 53.9 Å². The zero-order valence-corrected chi connectivity index (χ0v) is 10.6. The van der Waals surface area contributed by atoms with Crippen LogP contribution in [0.25, 0.3) is 11.6 Å². The molecular formula is C14H11F3N2O. The highest BCUT2D eigenvalue weighted by molar-refractivity contribution is 5.78. The molecule has 0 saturated heterocycles. The molecule has 2 aromatic rings. The fraction of sp³-hybridized carbons (Fsp3) is 0.143. The predicted molar refractivity (Wildman–Crippen MR) is 68.6 cm³/mol. The summed E-state index contributed by atoms with van der Waals surface area (Å²) < 4.78 is 41.6. The maximum absolute atomic E-state index is 13.5. The lowest BCUT2D eigenvalue weighted by Gasteiger charge is -2.06. The van der Waals surface area contributed by atoms with Crippen LogP contribution in [0.5, 0.6) is 5.75 Å². The second kappa shape index (κ2) is 6.18. The molecule has 0 atom stereocenters. The van der Waals surface area contributed by atoms with Crippen LogP contribution < -0.4 is 4.74 Å². The molecule has 0 N–H and O–H groups in total. The Bertz CT molecular complexity index is 615. The van der Waals surface area contributed by atoms with Gasteiger partial charge in [-0.3, -0.25) is 9.97 Å². The van der Waals surface area contributed by atoms with Gasteiger partial charge in [-0.2, -0.15) is 8.78 Å². The van der Waals surface area contributed by atoms with Crippen molar-refractivity contribution in [1.29, 1.82) is 0 Å². The van der Waals surface area contributed by atoms with Crippen molar-refractivity contribution in [3.63, 3.8) is 0 Å². The van der Waals surface area contributed by atoms with E-state index in [9.17, 15) is 13.2 Å². The molecular weight excluding hydrogens is 269 g/mol. The van der Waals surface area contributed by atoms with Crippen LogP contribution in [-0.4, -0.2) is 16.6 Å². The molecule has 1 aromatic carbocycles. The minimum atomic E-state index is -3.05. The summed E-state index contributed by atoms with van der Waals surface area (Å²) in [6.45, 7) is -1.25. The van der Waals surface area contributed by atoms with Crippen molar-refractivity contribution < 1.29 is 17.9 Å². The highest BCUT2D eigenvalue weighted by atomic mass is 19.3. The second-order valence-electron chi connectivity index (χ2n) is 3.99. The Hall–Kier alpha value is -2.37. The first-order valence-electron chi connectivity index (χ1n) is 5.75. The van der Waals surface area contributed by atoms with Crippen molar-refractivity contribution in [3.8, 4) is 5.75 Å². The number of rotatable bonds is 4. The molecule has 6 heteroatoms. The highest BCUT2D eigenvalue weighted by Crippen LogP contribution is 2.23. The number of nitrogens with zero attached hydrogens (tertiary/aromatic N) is 2. The SMILES string of the molecule is CC(=Cc1ccc(OC(F)F)c(F)c1)c1cnccn1. The fourth-order valence-electron chi connectivity index (χ4n) is 1.63. The lowest BCUT2D eigenvalue weighted by Crippen LogP contribution is -2.03. The first-order chi connectivity index (χ1) is 9.56. The largest absolute Gasteiger partial charge is 0.432 e. The number of ether oxygens (including phenoxy) is 1. The van der Waals surface area contributed by atoms with Crippen LogP contribution >= 0.6 is 0 Å². The van der Waals surface area contributed by atoms with E-state index in [-0.39, 0.29) is 0 Å². The molecule has 0 aliphatic rings. The van der Waals surface area contributed by atoms with Gasteiger partial charge >= 0.3 is 6.61 Å². The number of allylic oxidation sites excluding steroid dienone is 1. The predicted octanol–water partition coefficient (Wildman–Crippen LogP) is 3.78. The molecule has 0 radical (unpaired) electrons. The Balaban J connectivity index is 2.24. The average Bonchev–Trinajstić information content (AvgIpc) is 2.42. The summed E-state index contributed by atoms with van der Waals surface area (Å²) in [5.41, 5.74) is 1.95. The molecule has 0 fully saturated rings. The van der Waals surface area contributed by atoms with Crippen LogP contribution in [0.4, 0.5) is 13.2 Å². The first kappa shape index (κ1) is 14.0. The standard InChI is InChI=1S/C14H11F3N2O/c1-9(12-8-18-4-5-19-12)6-10-2-3-13(11(15)7-10)20-14(16)17/h2-8,14H,1H3. The van der Waals surface area contributed by atoms with Gasteiger partial charge in [-0.15, -0.1) is 0 Å². The molecule has 1 aromatic heterocycles. The fourth-order valence-corrected chi connectivity index (χ4v) is 1.63. The quantitative estimate of drug-likeness (QED) is 0.855. The van der Waals surface area contributed by atoms with Gasteiger partial charge in [-0.05, 0) is 36.3 Å². The molecule has 0 aliphatic carbocycles. The molecule has 0 spiro atoms. The Morgan fingerprint density at radius 2 is 2.10 bits per heavy atom. The van der Waals surface area contributed by atoms with E-state index in [1.54, 1.807) is 31.6 Å². The summed E-state index contributed by atoms with van der Waals surface area (Å²) in [5, 5.41) is 0. The third kappa shape index (κ3) is 3.57. The van der Waals surface area contributed by atoms with E-state index in [2.05, 4.69) is 14.7 Å². The number of benzene rings is 1. The Morgan fingerprint density at radius 3 is 2.70 bits per heavy atom. The molecule has 2 rings (SSSR count). The van der Waals surface area contributed by atoms with Crippen molar-refractivity contribution in [2.45, 2.75) is 13.5 Å². The maximum Gasteiger partial charge on any atom is 0.387 e. The normalized spacial score (nSPS) is 11.8. The molecule has 0 saturated carbocycles. The molecule has 1 heterocycles. The van der Waals surface area contributed by atoms with Gasteiger partial charge in [-0.25, -0.2) is 4.39 Å². The van der Waals surface area contributed by atoms with Crippen molar-refractivity contribution >= 4 is 11.6 Å². The van der Waals surface area contributed by atoms with Gasteiger partial charge < -0.3 is 4.74 Å². The topological polar surface area (TPSA) is 35.0 Å². The van der Waals surface area contributed by atoms with E-state index < -0.39 is 18.2 Å². The van der Waals surface area contributed by atoms with Gasteiger partial charge in [0.15, 0.2) is 11.6 Å². The maximum atomic E-state index is 13.5. The number of hydrogen-bond donors (Lipinski definition) is 0. The Kier molecular flexibility index (Phi) is 4.34. The minimum Gasteiger partial charge on any atom is -0.432 e.